The third-order valence-electron chi connectivity index (χ3n) is 4.20. The quantitative estimate of drug-likeness (QED) is 0.780. The Bertz CT molecular complexity index is 205. The van der Waals surface area contributed by atoms with Gasteiger partial charge in [-0.15, -0.1) is 0 Å². The molecule has 0 amide bonds. The van der Waals surface area contributed by atoms with Crippen LogP contribution in [-0.4, -0.2) is 35.7 Å². The highest BCUT2D eigenvalue weighted by molar-refractivity contribution is 4.88. The van der Waals surface area contributed by atoms with Gasteiger partial charge in [0.2, 0.25) is 0 Å². The van der Waals surface area contributed by atoms with Crippen molar-refractivity contribution >= 4 is 0 Å². The average Bonchev–Trinajstić information content (AvgIpc) is 2.25. The first-order valence-electron chi connectivity index (χ1n) is 6.88. The van der Waals surface area contributed by atoms with Crippen molar-refractivity contribution in [2.45, 2.75) is 59.4 Å². The Hall–Kier alpha value is -0.0800. The molecular formula is C14H29NO. The lowest BCUT2D eigenvalue weighted by Crippen LogP contribution is -2.45. The van der Waals surface area contributed by atoms with E-state index in [1.165, 1.54) is 25.7 Å². The highest BCUT2D eigenvalue weighted by atomic mass is 16.3. The maximum atomic E-state index is 9.76. The van der Waals surface area contributed by atoms with Crippen LogP contribution in [0.3, 0.4) is 0 Å². The van der Waals surface area contributed by atoms with Gasteiger partial charge in [-0.25, -0.2) is 0 Å². The van der Waals surface area contributed by atoms with Gasteiger partial charge < -0.3 is 10.0 Å². The summed E-state index contributed by atoms with van der Waals surface area (Å²) >= 11 is 0. The van der Waals surface area contributed by atoms with Crippen LogP contribution >= 0.6 is 0 Å². The molecule has 1 aliphatic rings. The molecule has 16 heavy (non-hydrogen) atoms. The van der Waals surface area contributed by atoms with Crippen LogP contribution in [0.1, 0.15) is 53.4 Å². The van der Waals surface area contributed by atoms with Gasteiger partial charge >= 0.3 is 0 Å². The molecule has 0 heterocycles. The van der Waals surface area contributed by atoms with Gasteiger partial charge in [0.05, 0.1) is 0 Å². The third-order valence-corrected chi connectivity index (χ3v) is 4.20. The van der Waals surface area contributed by atoms with Crippen molar-refractivity contribution in [3.63, 3.8) is 0 Å². The van der Waals surface area contributed by atoms with E-state index in [-0.39, 0.29) is 5.41 Å². The van der Waals surface area contributed by atoms with E-state index in [0.29, 0.717) is 12.6 Å². The van der Waals surface area contributed by atoms with E-state index >= 15 is 0 Å². The molecule has 0 aromatic heterocycles. The van der Waals surface area contributed by atoms with Crippen molar-refractivity contribution in [2.75, 3.05) is 19.7 Å². The highest BCUT2D eigenvalue weighted by Gasteiger charge is 2.36. The molecular weight excluding hydrogens is 198 g/mol. The Balaban J connectivity index is 2.64. The summed E-state index contributed by atoms with van der Waals surface area (Å²) in [4.78, 5) is 2.49. The van der Waals surface area contributed by atoms with Crippen LogP contribution in [0.2, 0.25) is 0 Å². The van der Waals surface area contributed by atoms with Crippen molar-refractivity contribution in [2.24, 2.45) is 11.3 Å². The first kappa shape index (κ1) is 14.0. The van der Waals surface area contributed by atoms with Crippen molar-refractivity contribution in [3.8, 4) is 0 Å². The molecule has 1 N–H and O–H groups in total. The summed E-state index contributed by atoms with van der Waals surface area (Å²) < 4.78 is 0. The number of rotatable bonds is 5. The molecule has 0 spiro atoms. The van der Waals surface area contributed by atoms with E-state index in [2.05, 4.69) is 32.6 Å². The molecule has 2 unspecified atom stereocenters. The molecule has 0 radical (unpaired) electrons. The molecule has 1 fully saturated rings. The van der Waals surface area contributed by atoms with E-state index in [0.717, 1.165) is 19.0 Å². The Morgan fingerprint density at radius 1 is 1.44 bits per heavy atom. The van der Waals surface area contributed by atoms with Gasteiger partial charge in [-0.1, -0.05) is 26.7 Å². The van der Waals surface area contributed by atoms with Crippen LogP contribution < -0.4 is 0 Å². The fourth-order valence-corrected chi connectivity index (χ4v) is 3.20. The van der Waals surface area contributed by atoms with Crippen LogP contribution in [0.4, 0.5) is 0 Å². The second kappa shape index (κ2) is 6.02. The Morgan fingerprint density at radius 2 is 2.12 bits per heavy atom. The van der Waals surface area contributed by atoms with E-state index in [4.69, 9.17) is 0 Å². The molecule has 0 aliphatic heterocycles. The first-order chi connectivity index (χ1) is 7.53. The van der Waals surface area contributed by atoms with Crippen LogP contribution in [0.25, 0.3) is 0 Å². The van der Waals surface area contributed by atoms with Crippen LogP contribution in [0.15, 0.2) is 0 Å². The van der Waals surface area contributed by atoms with Crippen LogP contribution in [-0.2, 0) is 0 Å². The number of aliphatic hydroxyl groups is 1. The van der Waals surface area contributed by atoms with Gasteiger partial charge in [0, 0.05) is 24.6 Å². The number of hydrogen-bond donors (Lipinski definition) is 1. The molecule has 2 nitrogen and oxygen atoms in total. The molecule has 0 bridgehead atoms. The molecule has 0 aromatic carbocycles. The van der Waals surface area contributed by atoms with Crippen molar-refractivity contribution in [3.05, 3.63) is 0 Å². The molecule has 1 rings (SSSR count). The fraction of sp³-hybridized carbons (Fsp3) is 1.00. The Kier molecular flexibility index (Phi) is 5.26. The second-order valence-corrected chi connectivity index (χ2v) is 6.02. The van der Waals surface area contributed by atoms with E-state index in [9.17, 15) is 5.11 Å². The van der Waals surface area contributed by atoms with E-state index in [1.807, 2.05) is 0 Å². The monoisotopic (exact) mass is 227 g/mol. The molecule has 2 heteroatoms. The minimum atomic E-state index is 0.179. The smallest absolute Gasteiger partial charge is 0.0499 e. The minimum absolute atomic E-state index is 0.179. The maximum Gasteiger partial charge on any atom is 0.0499 e. The van der Waals surface area contributed by atoms with Gasteiger partial charge in [-0.3, -0.25) is 0 Å². The van der Waals surface area contributed by atoms with Crippen LogP contribution in [0.5, 0.6) is 0 Å². The fourth-order valence-electron chi connectivity index (χ4n) is 3.20. The molecule has 0 saturated heterocycles. The van der Waals surface area contributed by atoms with E-state index in [1.54, 1.807) is 0 Å². The standard InChI is InChI=1S/C14H29NO/c1-5-15(12(2)3)10-14(11-16)8-6-7-13(4)9-14/h12-13,16H,5-11H2,1-4H3. The minimum Gasteiger partial charge on any atom is -0.396 e. The normalized spacial score (nSPS) is 31.3. The first-order valence-corrected chi connectivity index (χ1v) is 6.88. The van der Waals surface area contributed by atoms with Crippen molar-refractivity contribution in [1.29, 1.82) is 0 Å². The summed E-state index contributed by atoms with van der Waals surface area (Å²) in [5.41, 5.74) is 0.179. The number of aliphatic hydroxyl groups excluding tert-OH is 1. The summed E-state index contributed by atoms with van der Waals surface area (Å²) in [5, 5.41) is 9.76. The lowest BCUT2D eigenvalue weighted by atomic mass is 9.70. The average molecular weight is 227 g/mol. The predicted molar refractivity (Wildman–Crippen MR) is 69.5 cm³/mol. The maximum absolute atomic E-state index is 9.76. The lowest BCUT2D eigenvalue weighted by molar-refractivity contribution is 0.0167. The third kappa shape index (κ3) is 3.46. The second-order valence-electron chi connectivity index (χ2n) is 6.02. The van der Waals surface area contributed by atoms with Crippen molar-refractivity contribution in [1.82, 2.24) is 4.90 Å². The number of nitrogens with zero attached hydrogens (tertiary/aromatic N) is 1. The zero-order valence-corrected chi connectivity index (χ0v) is 11.5. The van der Waals surface area contributed by atoms with Gasteiger partial charge in [0.25, 0.3) is 0 Å². The Labute approximate surface area is 101 Å². The zero-order chi connectivity index (χ0) is 12.2. The summed E-state index contributed by atoms with van der Waals surface area (Å²) in [7, 11) is 0. The molecule has 96 valence electrons. The molecule has 0 aromatic rings. The van der Waals surface area contributed by atoms with Gasteiger partial charge in [0.15, 0.2) is 0 Å². The van der Waals surface area contributed by atoms with Gasteiger partial charge in [0.1, 0.15) is 0 Å². The van der Waals surface area contributed by atoms with Crippen molar-refractivity contribution < 1.29 is 5.11 Å². The SMILES string of the molecule is CCN(CC1(CO)CCCC(C)C1)C(C)C. The summed E-state index contributed by atoms with van der Waals surface area (Å²) in [6, 6.07) is 0.589. The zero-order valence-electron chi connectivity index (χ0n) is 11.5. The molecule has 2 atom stereocenters. The Morgan fingerprint density at radius 3 is 2.56 bits per heavy atom. The topological polar surface area (TPSA) is 23.5 Å². The van der Waals surface area contributed by atoms with Crippen LogP contribution in [0, 0.1) is 11.3 Å². The summed E-state index contributed by atoms with van der Waals surface area (Å²) in [6.07, 6.45) is 5.04. The van der Waals surface area contributed by atoms with Gasteiger partial charge in [-0.2, -0.15) is 0 Å². The lowest BCUT2D eigenvalue weighted by Gasteiger charge is -2.43. The highest BCUT2D eigenvalue weighted by Crippen LogP contribution is 2.39. The van der Waals surface area contributed by atoms with Gasteiger partial charge in [-0.05, 0) is 39.2 Å². The van der Waals surface area contributed by atoms with E-state index < -0.39 is 0 Å². The predicted octanol–water partition coefficient (Wildman–Crippen LogP) is 2.91. The summed E-state index contributed by atoms with van der Waals surface area (Å²) in [6.45, 7) is 11.6. The molecule has 1 saturated carbocycles. The number of hydrogen-bond acceptors (Lipinski definition) is 2. The molecule has 1 aliphatic carbocycles. The largest absolute Gasteiger partial charge is 0.396 e. The summed E-state index contributed by atoms with van der Waals surface area (Å²) in [5.74, 6) is 0.784.